The minimum atomic E-state index is -0.965. The van der Waals surface area contributed by atoms with Gasteiger partial charge in [0.1, 0.15) is 0 Å². The van der Waals surface area contributed by atoms with Crippen LogP contribution in [0.1, 0.15) is 72.3 Å². The van der Waals surface area contributed by atoms with Crippen LogP contribution < -0.4 is 0 Å². The minimum absolute atomic E-state index is 0.177. The number of methoxy groups -OCH3 is 1. The number of ether oxygens (including phenoxy) is 2. The molecular weight excluding hydrogens is 348 g/mol. The fourth-order valence-corrected chi connectivity index (χ4v) is 3.72. The Morgan fingerprint density at radius 1 is 1.07 bits per heavy atom. The van der Waals surface area contributed by atoms with Crippen molar-refractivity contribution < 1.29 is 24.3 Å². The van der Waals surface area contributed by atoms with Crippen LogP contribution in [0, 0.1) is 13.8 Å². The normalized spacial score (nSPS) is 18.2. The number of aryl methyl sites for hydroxylation is 2. The van der Waals surface area contributed by atoms with Crippen LogP contribution in [0.25, 0.3) is 5.57 Å². The monoisotopic (exact) mass is 375 g/mol. The number of pyridine rings is 1. The molecule has 27 heavy (non-hydrogen) atoms. The van der Waals surface area contributed by atoms with Crippen LogP contribution in [0.2, 0.25) is 0 Å². The van der Waals surface area contributed by atoms with Crippen molar-refractivity contribution in [1.29, 1.82) is 0 Å². The lowest BCUT2D eigenvalue weighted by Gasteiger charge is -2.34. The lowest BCUT2D eigenvalue weighted by atomic mass is 9.83. The first-order valence-corrected chi connectivity index (χ1v) is 8.87. The summed E-state index contributed by atoms with van der Waals surface area (Å²) in [4.78, 5) is 29.7. The second kappa shape index (κ2) is 7.05. The molecule has 0 unspecified atom stereocenters. The molecule has 1 radical (unpaired) electrons. The van der Waals surface area contributed by atoms with E-state index < -0.39 is 23.0 Å². The van der Waals surface area contributed by atoms with Crippen LogP contribution in [0.5, 0.6) is 0 Å². The van der Waals surface area contributed by atoms with Gasteiger partial charge >= 0.3 is 11.9 Å². The molecule has 2 rings (SSSR count). The molecule has 0 aromatic carbocycles. The standard InChI is InChI=1S/C20H27N2O5/c1-9-27-18(24)15-12(3)21-11(2)14(17(23)26-8)16(15)13-10-19(4,5)22(25)20(13,6)7/h10H,9H2,1-8H3. The van der Waals surface area contributed by atoms with Crippen LogP contribution in [-0.2, 0) is 14.7 Å². The Morgan fingerprint density at radius 2 is 1.59 bits per heavy atom. The summed E-state index contributed by atoms with van der Waals surface area (Å²) in [7, 11) is 1.27. The number of hydrogen-bond donors (Lipinski definition) is 0. The van der Waals surface area contributed by atoms with Crippen molar-refractivity contribution in [3.63, 3.8) is 0 Å². The summed E-state index contributed by atoms with van der Waals surface area (Å²) in [5.41, 5.74) is 0.414. The predicted octanol–water partition coefficient (Wildman–Crippen LogP) is 3.26. The largest absolute Gasteiger partial charge is 0.465 e. The first-order valence-electron chi connectivity index (χ1n) is 8.87. The first-order chi connectivity index (χ1) is 12.4. The quantitative estimate of drug-likeness (QED) is 0.751. The average molecular weight is 375 g/mol. The Labute approximate surface area is 159 Å². The van der Waals surface area contributed by atoms with Gasteiger partial charge in [0.05, 0.1) is 47.3 Å². The molecule has 1 aliphatic heterocycles. The van der Waals surface area contributed by atoms with Gasteiger partial charge in [-0.2, -0.15) is 0 Å². The molecule has 7 nitrogen and oxygen atoms in total. The summed E-state index contributed by atoms with van der Waals surface area (Å²) in [6.07, 6.45) is 1.80. The molecule has 0 saturated heterocycles. The number of hydrogen-bond acceptors (Lipinski definition) is 6. The zero-order valence-electron chi connectivity index (χ0n) is 17.2. The van der Waals surface area contributed by atoms with E-state index in [4.69, 9.17) is 9.47 Å². The number of aromatic nitrogens is 1. The zero-order valence-corrected chi connectivity index (χ0v) is 17.2. The molecule has 0 amide bonds. The lowest BCUT2D eigenvalue weighted by molar-refractivity contribution is -0.234. The van der Waals surface area contributed by atoms with Gasteiger partial charge in [-0.15, -0.1) is 10.3 Å². The third-order valence-electron chi connectivity index (χ3n) is 4.89. The SMILES string of the molecule is CCOC(=O)c1c(C)nc(C)c(C(=O)OC)c1C1=CC(C)(C)N([O])C1(C)C. The van der Waals surface area contributed by atoms with Crippen molar-refractivity contribution in [2.75, 3.05) is 13.7 Å². The summed E-state index contributed by atoms with van der Waals surface area (Å²) >= 11 is 0. The van der Waals surface area contributed by atoms with E-state index in [0.717, 1.165) is 5.06 Å². The number of hydroxylamine groups is 2. The van der Waals surface area contributed by atoms with Crippen molar-refractivity contribution in [2.24, 2.45) is 0 Å². The van der Waals surface area contributed by atoms with Crippen molar-refractivity contribution in [1.82, 2.24) is 10.0 Å². The average Bonchev–Trinajstić information content (AvgIpc) is 2.73. The number of rotatable bonds is 4. The number of carbonyl (C=O) groups excluding carboxylic acids is 2. The van der Waals surface area contributed by atoms with Crippen LogP contribution in [0.4, 0.5) is 0 Å². The molecule has 0 bridgehead atoms. The summed E-state index contributed by atoms with van der Waals surface area (Å²) in [5, 5.41) is 13.8. The maximum atomic E-state index is 12.9. The second-order valence-electron chi connectivity index (χ2n) is 7.68. The highest BCUT2D eigenvalue weighted by Gasteiger charge is 2.49. The summed E-state index contributed by atoms with van der Waals surface area (Å²) in [6, 6.07) is 0. The third kappa shape index (κ3) is 3.37. The van der Waals surface area contributed by atoms with Gasteiger partial charge in [0.2, 0.25) is 0 Å². The Hall–Kier alpha value is -2.25. The van der Waals surface area contributed by atoms with Gasteiger partial charge in [-0.3, -0.25) is 4.98 Å². The van der Waals surface area contributed by atoms with Gasteiger partial charge in [-0.05, 0) is 54.0 Å². The molecule has 0 aliphatic carbocycles. The van der Waals surface area contributed by atoms with Gasteiger partial charge < -0.3 is 9.47 Å². The highest BCUT2D eigenvalue weighted by Crippen LogP contribution is 2.46. The van der Waals surface area contributed by atoms with Crippen molar-refractivity contribution >= 4 is 17.5 Å². The van der Waals surface area contributed by atoms with E-state index in [-0.39, 0.29) is 17.7 Å². The van der Waals surface area contributed by atoms with Gasteiger partial charge in [-0.1, -0.05) is 6.08 Å². The molecule has 7 heteroatoms. The minimum Gasteiger partial charge on any atom is -0.465 e. The van der Waals surface area contributed by atoms with Crippen molar-refractivity contribution in [3.8, 4) is 0 Å². The van der Waals surface area contributed by atoms with Crippen molar-refractivity contribution in [3.05, 3.63) is 34.2 Å². The Morgan fingerprint density at radius 3 is 2.00 bits per heavy atom. The van der Waals surface area contributed by atoms with E-state index in [0.29, 0.717) is 22.5 Å². The molecule has 0 spiro atoms. The number of carbonyl (C=O) groups is 2. The number of nitrogens with zero attached hydrogens (tertiary/aromatic N) is 2. The van der Waals surface area contributed by atoms with E-state index in [1.54, 1.807) is 54.5 Å². The Bertz CT molecular complexity index is 824. The van der Waals surface area contributed by atoms with Gasteiger partial charge in [-0.25, -0.2) is 9.59 Å². The summed E-state index contributed by atoms with van der Waals surface area (Å²) in [6.45, 7) is 12.4. The number of esters is 2. The van der Waals surface area contributed by atoms with E-state index in [9.17, 15) is 14.8 Å². The van der Waals surface area contributed by atoms with Gasteiger partial charge in [0, 0.05) is 5.56 Å². The van der Waals surface area contributed by atoms with E-state index in [2.05, 4.69) is 4.98 Å². The molecule has 1 aromatic rings. The molecule has 1 aliphatic rings. The van der Waals surface area contributed by atoms with Gasteiger partial charge in [0.15, 0.2) is 0 Å². The molecule has 0 N–H and O–H groups in total. The fraction of sp³-hybridized carbons (Fsp3) is 0.550. The first kappa shape index (κ1) is 21.1. The highest BCUT2D eigenvalue weighted by molar-refractivity contribution is 6.06. The molecule has 0 fully saturated rings. The summed E-state index contributed by atoms with van der Waals surface area (Å²) < 4.78 is 10.2. The Balaban J connectivity index is 2.96. The van der Waals surface area contributed by atoms with Crippen LogP contribution in [0.3, 0.4) is 0 Å². The van der Waals surface area contributed by atoms with Crippen molar-refractivity contribution in [2.45, 2.75) is 59.5 Å². The molecule has 0 atom stereocenters. The van der Waals surface area contributed by atoms with E-state index in [1.165, 1.54) is 7.11 Å². The molecule has 147 valence electrons. The lowest BCUT2D eigenvalue weighted by Crippen LogP contribution is -2.46. The maximum absolute atomic E-state index is 12.9. The second-order valence-corrected chi connectivity index (χ2v) is 7.68. The summed E-state index contributed by atoms with van der Waals surface area (Å²) in [5.74, 6) is -1.19. The third-order valence-corrected chi connectivity index (χ3v) is 4.89. The molecule has 2 heterocycles. The molecule has 0 saturated carbocycles. The smallest absolute Gasteiger partial charge is 0.340 e. The van der Waals surface area contributed by atoms with E-state index >= 15 is 0 Å². The molecule has 1 aromatic heterocycles. The van der Waals surface area contributed by atoms with Crippen LogP contribution >= 0.6 is 0 Å². The fourth-order valence-electron chi connectivity index (χ4n) is 3.72. The highest BCUT2D eigenvalue weighted by atomic mass is 16.5. The topological polar surface area (TPSA) is 88.6 Å². The van der Waals surface area contributed by atoms with E-state index in [1.807, 2.05) is 0 Å². The predicted molar refractivity (Wildman–Crippen MR) is 99.7 cm³/mol. The van der Waals surface area contributed by atoms with Gasteiger partial charge in [0.25, 0.3) is 0 Å². The van der Waals surface area contributed by atoms with Crippen LogP contribution in [0.15, 0.2) is 6.08 Å². The Kier molecular flexibility index (Phi) is 5.50. The zero-order chi connectivity index (χ0) is 20.7. The maximum Gasteiger partial charge on any atom is 0.340 e. The molecular formula is C20H27N2O5. The van der Waals surface area contributed by atoms with Crippen LogP contribution in [-0.4, -0.2) is 46.8 Å².